The number of nitrogens with zero attached hydrogens (tertiary/aromatic N) is 1. The molecule has 2 atom stereocenters. The molecular formula is C15H22N2O2S. The van der Waals surface area contributed by atoms with E-state index < -0.39 is 0 Å². The van der Waals surface area contributed by atoms with Gasteiger partial charge >= 0.3 is 0 Å². The Kier molecular flexibility index (Phi) is 5.46. The number of carbonyl (C=O) groups excluding carboxylic acids is 1. The van der Waals surface area contributed by atoms with Crippen molar-refractivity contribution in [2.45, 2.75) is 31.0 Å². The molecule has 0 aromatic heterocycles. The normalized spacial score (nSPS) is 23.6. The zero-order valence-corrected chi connectivity index (χ0v) is 13.1. The van der Waals surface area contributed by atoms with E-state index >= 15 is 0 Å². The molecule has 20 heavy (non-hydrogen) atoms. The maximum Gasteiger partial charge on any atom is 0.238 e. The Balaban J connectivity index is 1.85. The van der Waals surface area contributed by atoms with E-state index in [0.29, 0.717) is 6.54 Å². The largest absolute Gasteiger partial charge is 0.373 e. The van der Waals surface area contributed by atoms with Gasteiger partial charge in [0, 0.05) is 23.7 Å². The summed E-state index contributed by atoms with van der Waals surface area (Å²) in [4.78, 5) is 15.4. The molecule has 1 amide bonds. The fourth-order valence-corrected chi connectivity index (χ4v) is 2.90. The van der Waals surface area contributed by atoms with Crippen LogP contribution < -0.4 is 5.32 Å². The minimum atomic E-state index is 0.0307. The summed E-state index contributed by atoms with van der Waals surface area (Å²) in [5.74, 6) is 0.0307. The van der Waals surface area contributed by atoms with Crippen molar-refractivity contribution in [1.82, 2.24) is 4.90 Å². The summed E-state index contributed by atoms with van der Waals surface area (Å²) in [6, 6.07) is 7.90. The molecule has 4 nitrogen and oxygen atoms in total. The maximum atomic E-state index is 12.0. The first-order valence-corrected chi connectivity index (χ1v) is 8.11. The van der Waals surface area contributed by atoms with E-state index in [9.17, 15) is 4.79 Å². The Hall–Kier alpha value is -1.04. The summed E-state index contributed by atoms with van der Waals surface area (Å²) in [6.07, 6.45) is 2.41. The molecule has 2 unspecified atom stereocenters. The molecule has 2 rings (SSSR count). The van der Waals surface area contributed by atoms with Gasteiger partial charge < -0.3 is 10.1 Å². The minimum absolute atomic E-state index is 0.0307. The number of thioether (sulfide) groups is 1. The van der Waals surface area contributed by atoms with Gasteiger partial charge in [-0.25, -0.2) is 0 Å². The Morgan fingerprint density at radius 2 is 1.90 bits per heavy atom. The van der Waals surface area contributed by atoms with E-state index in [2.05, 4.69) is 10.2 Å². The highest BCUT2D eigenvalue weighted by Gasteiger charge is 2.23. The molecule has 110 valence electrons. The zero-order chi connectivity index (χ0) is 14.5. The van der Waals surface area contributed by atoms with Gasteiger partial charge in [-0.1, -0.05) is 0 Å². The molecule has 1 aromatic rings. The van der Waals surface area contributed by atoms with Crippen LogP contribution in [0.15, 0.2) is 29.2 Å². The quantitative estimate of drug-likeness (QED) is 0.866. The SMILES string of the molecule is CSc1ccc(NC(=O)CN2CC(C)OC(C)C2)cc1. The highest BCUT2D eigenvalue weighted by Crippen LogP contribution is 2.17. The summed E-state index contributed by atoms with van der Waals surface area (Å²) in [6.45, 7) is 6.12. The topological polar surface area (TPSA) is 41.6 Å². The number of anilines is 1. The lowest BCUT2D eigenvalue weighted by Crippen LogP contribution is -2.48. The summed E-state index contributed by atoms with van der Waals surface area (Å²) in [5, 5.41) is 2.94. The molecule has 0 radical (unpaired) electrons. The van der Waals surface area contributed by atoms with E-state index in [0.717, 1.165) is 18.8 Å². The number of hydrogen-bond acceptors (Lipinski definition) is 4. The maximum absolute atomic E-state index is 12.0. The molecule has 1 fully saturated rings. The van der Waals surface area contributed by atoms with Crippen molar-refractivity contribution in [3.8, 4) is 0 Å². The highest BCUT2D eigenvalue weighted by atomic mass is 32.2. The van der Waals surface area contributed by atoms with Crippen LogP contribution in [0, 0.1) is 0 Å². The van der Waals surface area contributed by atoms with Crippen LogP contribution in [0.3, 0.4) is 0 Å². The van der Waals surface area contributed by atoms with Gasteiger partial charge in [0.05, 0.1) is 18.8 Å². The average Bonchev–Trinajstić information content (AvgIpc) is 2.38. The molecule has 1 aliphatic rings. The first-order valence-electron chi connectivity index (χ1n) is 6.88. The fraction of sp³-hybridized carbons (Fsp3) is 0.533. The lowest BCUT2D eigenvalue weighted by molar-refractivity contribution is -0.121. The molecule has 1 saturated heterocycles. The highest BCUT2D eigenvalue weighted by molar-refractivity contribution is 7.98. The van der Waals surface area contributed by atoms with Gasteiger partial charge in [0.2, 0.25) is 5.91 Å². The second kappa shape index (κ2) is 7.11. The van der Waals surface area contributed by atoms with Gasteiger partial charge in [-0.3, -0.25) is 9.69 Å². The number of rotatable bonds is 4. The van der Waals surface area contributed by atoms with Crippen LogP contribution in [0.25, 0.3) is 0 Å². The van der Waals surface area contributed by atoms with E-state index in [1.54, 1.807) is 11.8 Å². The second-order valence-corrected chi connectivity index (χ2v) is 6.11. The summed E-state index contributed by atoms with van der Waals surface area (Å²) in [7, 11) is 0. The van der Waals surface area contributed by atoms with E-state index in [4.69, 9.17) is 4.74 Å². The predicted octanol–water partition coefficient (Wildman–Crippen LogP) is 2.46. The van der Waals surface area contributed by atoms with E-state index in [1.807, 2.05) is 44.4 Å². The molecule has 0 aliphatic carbocycles. The van der Waals surface area contributed by atoms with Crippen LogP contribution in [0.4, 0.5) is 5.69 Å². The molecule has 1 aromatic carbocycles. The monoisotopic (exact) mass is 294 g/mol. The number of nitrogens with one attached hydrogen (secondary N) is 1. The fourth-order valence-electron chi connectivity index (χ4n) is 2.49. The van der Waals surface area contributed by atoms with Crippen molar-refractivity contribution < 1.29 is 9.53 Å². The number of carbonyl (C=O) groups is 1. The first kappa shape index (κ1) is 15.4. The van der Waals surface area contributed by atoms with Gasteiger partial charge in [0.15, 0.2) is 0 Å². The van der Waals surface area contributed by atoms with Crippen molar-refractivity contribution in [2.75, 3.05) is 31.2 Å². The molecule has 0 spiro atoms. The number of benzene rings is 1. The van der Waals surface area contributed by atoms with Gasteiger partial charge in [-0.15, -0.1) is 11.8 Å². The van der Waals surface area contributed by atoms with Gasteiger partial charge in [-0.2, -0.15) is 0 Å². The van der Waals surface area contributed by atoms with Gasteiger partial charge in [0.25, 0.3) is 0 Å². The molecular weight excluding hydrogens is 272 g/mol. The van der Waals surface area contributed by atoms with Crippen LogP contribution in [0.2, 0.25) is 0 Å². The Morgan fingerprint density at radius 1 is 1.30 bits per heavy atom. The summed E-state index contributed by atoms with van der Waals surface area (Å²) in [5.41, 5.74) is 0.849. The lowest BCUT2D eigenvalue weighted by Gasteiger charge is -2.34. The standard InChI is InChI=1S/C15H22N2O2S/c1-11-8-17(9-12(2)19-11)10-15(18)16-13-4-6-14(20-3)7-5-13/h4-7,11-12H,8-10H2,1-3H3,(H,16,18). The minimum Gasteiger partial charge on any atom is -0.373 e. The Labute approximate surface area is 124 Å². The number of hydrogen-bond donors (Lipinski definition) is 1. The van der Waals surface area contributed by atoms with Crippen LogP contribution in [-0.2, 0) is 9.53 Å². The van der Waals surface area contributed by atoms with Crippen LogP contribution >= 0.6 is 11.8 Å². The van der Waals surface area contributed by atoms with E-state index in [1.165, 1.54) is 4.90 Å². The zero-order valence-electron chi connectivity index (χ0n) is 12.3. The predicted molar refractivity (Wildman–Crippen MR) is 83.3 cm³/mol. The summed E-state index contributed by atoms with van der Waals surface area (Å²) < 4.78 is 5.67. The van der Waals surface area contributed by atoms with E-state index in [-0.39, 0.29) is 18.1 Å². The molecule has 1 N–H and O–H groups in total. The molecule has 1 heterocycles. The molecule has 5 heteroatoms. The van der Waals surface area contributed by atoms with Crippen LogP contribution in [-0.4, -0.2) is 48.9 Å². The van der Waals surface area contributed by atoms with Crippen LogP contribution in [0.5, 0.6) is 0 Å². The molecule has 0 bridgehead atoms. The number of amides is 1. The lowest BCUT2D eigenvalue weighted by atomic mass is 10.2. The smallest absolute Gasteiger partial charge is 0.238 e. The molecule has 0 saturated carbocycles. The van der Waals surface area contributed by atoms with Gasteiger partial charge in [0.1, 0.15) is 0 Å². The van der Waals surface area contributed by atoms with Crippen molar-refractivity contribution >= 4 is 23.4 Å². The molecule has 1 aliphatic heterocycles. The van der Waals surface area contributed by atoms with Crippen LogP contribution in [0.1, 0.15) is 13.8 Å². The second-order valence-electron chi connectivity index (χ2n) is 5.23. The Bertz CT molecular complexity index is 440. The van der Waals surface area contributed by atoms with Crippen molar-refractivity contribution in [1.29, 1.82) is 0 Å². The third-order valence-corrected chi connectivity index (χ3v) is 3.98. The number of ether oxygens (including phenoxy) is 1. The first-order chi connectivity index (χ1) is 9.56. The average molecular weight is 294 g/mol. The third-order valence-electron chi connectivity index (χ3n) is 3.24. The van der Waals surface area contributed by atoms with Crippen molar-refractivity contribution in [2.24, 2.45) is 0 Å². The van der Waals surface area contributed by atoms with Gasteiger partial charge in [-0.05, 0) is 44.4 Å². The Morgan fingerprint density at radius 3 is 2.45 bits per heavy atom. The van der Waals surface area contributed by atoms with Crippen molar-refractivity contribution in [3.63, 3.8) is 0 Å². The third kappa shape index (κ3) is 4.51. The summed E-state index contributed by atoms with van der Waals surface area (Å²) >= 11 is 1.69. The number of morpholine rings is 1. The van der Waals surface area contributed by atoms with Crippen molar-refractivity contribution in [3.05, 3.63) is 24.3 Å².